The molecule has 2 N–H and O–H groups in total. The van der Waals surface area contributed by atoms with E-state index in [1.807, 2.05) is 25.2 Å². The van der Waals surface area contributed by atoms with Gasteiger partial charge in [0.05, 0.1) is 6.61 Å². The van der Waals surface area contributed by atoms with Crippen LogP contribution in [-0.4, -0.2) is 32.7 Å². The summed E-state index contributed by atoms with van der Waals surface area (Å²) in [6, 6.07) is 8.09. The molecule has 0 bridgehead atoms. The Morgan fingerprint density at radius 3 is 3.11 bits per heavy atom. The predicted molar refractivity (Wildman–Crippen MR) is 75.5 cm³/mol. The monoisotopic (exact) mass is 262 g/mol. The lowest BCUT2D eigenvalue weighted by Gasteiger charge is -2.26. The van der Waals surface area contributed by atoms with Crippen molar-refractivity contribution in [2.45, 2.75) is 25.2 Å². The minimum Gasteiger partial charge on any atom is -0.493 e. The molecule has 1 aliphatic heterocycles. The zero-order valence-electron chi connectivity index (χ0n) is 11.4. The van der Waals surface area contributed by atoms with Crippen LogP contribution in [0.1, 0.15) is 30.7 Å². The van der Waals surface area contributed by atoms with Crippen LogP contribution in [0.4, 0.5) is 0 Å². The van der Waals surface area contributed by atoms with Crippen molar-refractivity contribution in [3.63, 3.8) is 0 Å². The molecule has 0 aromatic heterocycles. The van der Waals surface area contributed by atoms with Gasteiger partial charge in [0.15, 0.2) is 0 Å². The number of para-hydroxylation sites is 1. The number of hydrogen-bond donors (Lipinski definition) is 2. The Bertz CT molecular complexity index is 420. The van der Waals surface area contributed by atoms with E-state index >= 15 is 0 Å². The van der Waals surface area contributed by atoms with Crippen LogP contribution >= 0.6 is 0 Å². The fourth-order valence-corrected chi connectivity index (χ4v) is 2.38. The Morgan fingerprint density at radius 1 is 1.42 bits per heavy atom. The number of carbonyl (C=O) groups is 1. The third kappa shape index (κ3) is 3.96. The summed E-state index contributed by atoms with van der Waals surface area (Å²) in [6.45, 7) is 2.32. The van der Waals surface area contributed by atoms with Crippen LogP contribution in [0.25, 0.3) is 0 Å². The number of fused-ring (bicyclic) bond motifs is 1. The fraction of sp³-hybridized carbons (Fsp3) is 0.533. The van der Waals surface area contributed by atoms with Crippen molar-refractivity contribution in [1.82, 2.24) is 10.6 Å². The van der Waals surface area contributed by atoms with Crippen LogP contribution in [0.15, 0.2) is 24.3 Å². The molecule has 1 aromatic rings. The molecule has 0 aliphatic carbocycles. The number of benzene rings is 1. The van der Waals surface area contributed by atoms with Gasteiger partial charge in [0, 0.05) is 18.9 Å². The van der Waals surface area contributed by atoms with Gasteiger partial charge in [-0.1, -0.05) is 18.2 Å². The van der Waals surface area contributed by atoms with Crippen molar-refractivity contribution in [2.24, 2.45) is 0 Å². The molecule has 0 saturated carbocycles. The van der Waals surface area contributed by atoms with Crippen molar-refractivity contribution in [2.75, 3.05) is 26.7 Å². The minimum atomic E-state index is 0.138. The van der Waals surface area contributed by atoms with Crippen molar-refractivity contribution >= 4 is 5.91 Å². The third-order valence-corrected chi connectivity index (χ3v) is 3.46. The van der Waals surface area contributed by atoms with Crippen molar-refractivity contribution in [3.05, 3.63) is 29.8 Å². The maximum absolute atomic E-state index is 11.7. The van der Waals surface area contributed by atoms with Crippen LogP contribution in [0, 0.1) is 0 Å². The van der Waals surface area contributed by atoms with Gasteiger partial charge in [-0.2, -0.15) is 0 Å². The molecule has 0 spiro atoms. The molecule has 0 radical (unpaired) electrons. The molecule has 1 heterocycles. The molecule has 0 saturated heterocycles. The molecule has 1 unspecified atom stereocenters. The Hall–Kier alpha value is -1.55. The second-order valence-electron chi connectivity index (χ2n) is 4.88. The van der Waals surface area contributed by atoms with E-state index in [1.165, 1.54) is 5.56 Å². The van der Waals surface area contributed by atoms with Crippen LogP contribution in [0.2, 0.25) is 0 Å². The number of ether oxygens (including phenoxy) is 1. The SMILES string of the molecule is CNCCCC(=O)NCC1CCOc2ccccc21. The zero-order valence-corrected chi connectivity index (χ0v) is 11.4. The molecule has 1 atom stereocenters. The Balaban J connectivity index is 1.82. The molecule has 2 rings (SSSR count). The zero-order chi connectivity index (χ0) is 13.5. The number of carbonyl (C=O) groups excluding carboxylic acids is 1. The number of rotatable bonds is 6. The van der Waals surface area contributed by atoms with Crippen molar-refractivity contribution in [3.8, 4) is 5.75 Å². The maximum Gasteiger partial charge on any atom is 0.220 e. The van der Waals surface area contributed by atoms with Gasteiger partial charge in [0.2, 0.25) is 5.91 Å². The van der Waals surface area contributed by atoms with E-state index in [0.29, 0.717) is 18.9 Å². The lowest BCUT2D eigenvalue weighted by atomic mass is 9.93. The second-order valence-corrected chi connectivity index (χ2v) is 4.88. The number of hydrogen-bond acceptors (Lipinski definition) is 3. The van der Waals surface area contributed by atoms with E-state index in [9.17, 15) is 4.79 Å². The van der Waals surface area contributed by atoms with E-state index in [-0.39, 0.29) is 5.91 Å². The van der Waals surface area contributed by atoms with Crippen LogP contribution < -0.4 is 15.4 Å². The van der Waals surface area contributed by atoms with Gasteiger partial charge in [-0.25, -0.2) is 0 Å². The van der Waals surface area contributed by atoms with Crippen molar-refractivity contribution in [1.29, 1.82) is 0 Å². The average Bonchev–Trinajstić information content (AvgIpc) is 2.45. The molecule has 4 nitrogen and oxygen atoms in total. The van der Waals surface area contributed by atoms with Crippen LogP contribution in [0.5, 0.6) is 5.75 Å². The summed E-state index contributed by atoms with van der Waals surface area (Å²) < 4.78 is 5.62. The molecule has 104 valence electrons. The highest BCUT2D eigenvalue weighted by Crippen LogP contribution is 2.32. The van der Waals surface area contributed by atoms with Gasteiger partial charge in [-0.3, -0.25) is 4.79 Å². The van der Waals surface area contributed by atoms with Gasteiger partial charge >= 0.3 is 0 Å². The summed E-state index contributed by atoms with van der Waals surface area (Å²) in [7, 11) is 1.90. The Labute approximate surface area is 114 Å². The molecule has 4 heteroatoms. The molecule has 1 aromatic carbocycles. The van der Waals surface area contributed by atoms with Crippen LogP contribution in [0.3, 0.4) is 0 Å². The summed E-state index contributed by atoms with van der Waals surface area (Å²) in [6.07, 6.45) is 2.44. The highest BCUT2D eigenvalue weighted by Gasteiger charge is 2.21. The summed E-state index contributed by atoms with van der Waals surface area (Å²) in [4.78, 5) is 11.7. The Morgan fingerprint density at radius 2 is 2.26 bits per heavy atom. The smallest absolute Gasteiger partial charge is 0.220 e. The first-order valence-corrected chi connectivity index (χ1v) is 6.94. The molecular formula is C15H22N2O2. The van der Waals surface area contributed by atoms with Gasteiger partial charge in [0.1, 0.15) is 5.75 Å². The third-order valence-electron chi connectivity index (χ3n) is 3.46. The van der Waals surface area contributed by atoms with Gasteiger partial charge in [-0.05, 0) is 38.1 Å². The first-order chi connectivity index (χ1) is 9.31. The number of amides is 1. The van der Waals surface area contributed by atoms with Gasteiger partial charge < -0.3 is 15.4 Å². The lowest BCUT2D eigenvalue weighted by Crippen LogP contribution is -2.31. The minimum absolute atomic E-state index is 0.138. The first-order valence-electron chi connectivity index (χ1n) is 6.94. The molecule has 1 aliphatic rings. The average molecular weight is 262 g/mol. The quantitative estimate of drug-likeness (QED) is 0.767. The van der Waals surface area contributed by atoms with E-state index in [4.69, 9.17) is 4.74 Å². The normalized spacial score (nSPS) is 17.4. The topological polar surface area (TPSA) is 50.4 Å². The maximum atomic E-state index is 11.7. The standard InChI is InChI=1S/C15H22N2O2/c1-16-9-4-7-15(18)17-11-12-8-10-19-14-6-3-2-5-13(12)14/h2-3,5-6,12,16H,4,7-11H2,1H3,(H,17,18). The second kappa shape index (κ2) is 7.14. The van der Waals surface area contributed by atoms with E-state index in [2.05, 4.69) is 16.7 Å². The van der Waals surface area contributed by atoms with Gasteiger partial charge in [0.25, 0.3) is 0 Å². The molecule has 0 fully saturated rings. The van der Waals surface area contributed by atoms with Crippen molar-refractivity contribution < 1.29 is 9.53 Å². The first kappa shape index (κ1) is 13.9. The Kier molecular flexibility index (Phi) is 5.21. The van der Waals surface area contributed by atoms with E-state index in [1.54, 1.807) is 0 Å². The highest BCUT2D eigenvalue weighted by atomic mass is 16.5. The number of nitrogens with one attached hydrogen (secondary N) is 2. The molecular weight excluding hydrogens is 240 g/mol. The van der Waals surface area contributed by atoms with Crippen LogP contribution in [-0.2, 0) is 4.79 Å². The summed E-state index contributed by atoms with van der Waals surface area (Å²) in [5.74, 6) is 1.47. The summed E-state index contributed by atoms with van der Waals surface area (Å²) in [5, 5.41) is 6.07. The molecule has 1 amide bonds. The fourth-order valence-electron chi connectivity index (χ4n) is 2.38. The lowest BCUT2D eigenvalue weighted by molar-refractivity contribution is -0.121. The molecule has 19 heavy (non-hydrogen) atoms. The van der Waals surface area contributed by atoms with E-state index < -0.39 is 0 Å². The largest absolute Gasteiger partial charge is 0.493 e. The highest BCUT2D eigenvalue weighted by molar-refractivity contribution is 5.75. The van der Waals surface area contributed by atoms with Gasteiger partial charge in [-0.15, -0.1) is 0 Å². The predicted octanol–water partition coefficient (Wildman–Crippen LogP) is 1.67. The summed E-state index contributed by atoms with van der Waals surface area (Å²) >= 11 is 0. The van der Waals surface area contributed by atoms with E-state index in [0.717, 1.165) is 31.7 Å². The summed E-state index contributed by atoms with van der Waals surface area (Å²) in [5.41, 5.74) is 1.21.